The third kappa shape index (κ3) is 4.65. The highest BCUT2D eigenvalue weighted by Gasteiger charge is 2.21. The van der Waals surface area contributed by atoms with Gasteiger partial charge < -0.3 is 10.1 Å². The van der Waals surface area contributed by atoms with Crippen LogP contribution in [0.4, 0.5) is 11.4 Å². The number of nitro benzene ring substituents is 1. The van der Waals surface area contributed by atoms with Crippen molar-refractivity contribution in [3.63, 3.8) is 0 Å². The second-order valence-electron chi connectivity index (χ2n) is 5.54. The predicted octanol–water partition coefficient (Wildman–Crippen LogP) is 4.65. The Morgan fingerprint density at radius 2 is 1.93 bits per heavy atom. The number of nitro groups is 1. The molecule has 0 radical (unpaired) electrons. The first-order chi connectivity index (χ1) is 12.6. The van der Waals surface area contributed by atoms with Crippen LogP contribution in [-0.4, -0.2) is 23.1 Å². The Labute approximate surface area is 170 Å². The Morgan fingerprint density at radius 3 is 2.52 bits per heavy atom. The molecular formula is C17H15Cl2N3O4S. The summed E-state index contributed by atoms with van der Waals surface area (Å²) in [5, 5.41) is 16.7. The second-order valence-corrected chi connectivity index (χ2v) is 6.79. The average molecular weight is 428 g/mol. The molecule has 0 heterocycles. The van der Waals surface area contributed by atoms with E-state index in [0.717, 1.165) is 5.56 Å². The van der Waals surface area contributed by atoms with Crippen LogP contribution < -0.4 is 15.4 Å². The van der Waals surface area contributed by atoms with E-state index in [1.54, 1.807) is 13.0 Å². The standard InChI is InChI=1S/C17H15Cl2N3O4S/c1-8-4-5-13(22(24)25)14(9(8)2)20-17(27)21-16(23)11-6-10(18)7-12(19)15(11)26-3/h4-7H,1-3H3,(H2,20,21,23,27). The summed E-state index contributed by atoms with van der Waals surface area (Å²) in [4.78, 5) is 23.3. The summed E-state index contributed by atoms with van der Waals surface area (Å²) in [6.07, 6.45) is 0. The zero-order valence-electron chi connectivity index (χ0n) is 14.6. The van der Waals surface area contributed by atoms with E-state index in [9.17, 15) is 14.9 Å². The van der Waals surface area contributed by atoms with Crippen molar-refractivity contribution in [1.29, 1.82) is 0 Å². The van der Waals surface area contributed by atoms with Crippen molar-refractivity contribution in [2.45, 2.75) is 13.8 Å². The molecule has 0 fully saturated rings. The number of nitrogens with one attached hydrogen (secondary N) is 2. The minimum absolute atomic E-state index is 0.0783. The Bertz CT molecular complexity index is 950. The van der Waals surface area contributed by atoms with Crippen LogP contribution in [0.15, 0.2) is 24.3 Å². The van der Waals surface area contributed by atoms with Crippen molar-refractivity contribution in [1.82, 2.24) is 5.32 Å². The van der Waals surface area contributed by atoms with E-state index in [4.69, 9.17) is 40.2 Å². The molecule has 0 atom stereocenters. The number of thiocarbonyl (C=S) groups is 1. The van der Waals surface area contributed by atoms with Gasteiger partial charge in [0.25, 0.3) is 11.6 Å². The minimum atomic E-state index is -0.623. The van der Waals surface area contributed by atoms with E-state index in [1.165, 1.54) is 25.3 Å². The Balaban J connectivity index is 2.29. The first-order valence-electron chi connectivity index (χ1n) is 7.55. The van der Waals surface area contributed by atoms with Crippen molar-refractivity contribution >= 4 is 57.8 Å². The van der Waals surface area contributed by atoms with Gasteiger partial charge in [-0.25, -0.2) is 0 Å². The molecular weight excluding hydrogens is 413 g/mol. The fourth-order valence-corrected chi connectivity index (χ4v) is 3.13. The molecule has 0 unspecified atom stereocenters. The van der Waals surface area contributed by atoms with Crippen LogP contribution in [0.3, 0.4) is 0 Å². The SMILES string of the molecule is COc1c(Cl)cc(Cl)cc1C(=O)NC(=S)Nc1c([N+](=O)[O-])ccc(C)c1C. The van der Waals surface area contributed by atoms with Gasteiger partial charge >= 0.3 is 0 Å². The van der Waals surface area contributed by atoms with Gasteiger partial charge in [-0.05, 0) is 49.3 Å². The van der Waals surface area contributed by atoms with Crippen LogP contribution in [0, 0.1) is 24.0 Å². The number of hydrogen-bond donors (Lipinski definition) is 2. The molecule has 0 aliphatic carbocycles. The molecule has 142 valence electrons. The number of ether oxygens (including phenoxy) is 1. The molecule has 7 nitrogen and oxygen atoms in total. The molecule has 1 amide bonds. The van der Waals surface area contributed by atoms with Gasteiger partial charge in [-0.2, -0.15) is 0 Å². The first kappa shape index (κ1) is 20.9. The summed E-state index contributed by atoms with van der Waals surface area (Å²) >= 11 is 17.1. The maximum atomic E-state index is 12.5. The van der Waals surface area contributed by atoms with Crippen LogP contribution in [0.2, 0.25) is 10.0 Å². The third-order valence-electron chi connectivity index (χ3n) is 3.83. The normalized spacial score (nSPS) is 10.3. The molecule has 0 aliphatic heterocycles. The average Bonchev–Trinajstić information content (AvgIpc) is 2.58. The van der Waals surface area contributed by atoms with Crippen LogP contribution in [-0.2, 0) is 0 Å². The molecule has 2 aromatic carbocycles. The third-order valence-corrected chi connectivity index (χ3v) is 4.54. The lowest BCUT2D eigenvalue weighted by Crippen LogP contribution is -2.34. The van der Waals surface area contributed by atoms with Crippen molar-refractivity contribution < 1.29 is 14.5 Å². The summed E-state index contributed by atoms with van der Waals surface area (Å²) in [6.45, 7) is 3.53. The van der Waals surface area contributed by atoms with Crippen molar-refractivity contribution in [2.24, 2.45) is 0 Å². The number of aryl methyl sites for hydroxylation is 1. The van der Waals surface area contributed by atoms with Gasteiger partial charge in [0, 0.05) is 11.1 Å². The maximum Gasteiger partial charge on any atom is 0.293 e. The molecule has 2 rings (SSSR count). The Kier molecular flexibility index (Phi) is 6.59. The van der Waals surface area contributed by atoms with E-state index in [1.807, 2.05) is 6.92 Å². The summed E-state index contributed by atoms with van der Waals surface area (Å²) in [6, 6.07) is 5.83. The number of nitrogens with zero attached hydrogens (tertiary/aromatic N) is 1. The van der Waals surface area contributed by atoms with Crippen molar-refractivity contribution in [2.75, 3.05) is 12.4 Å². The summed E-state index contributed by atoms with van der Waals surface area (Å²) < 4.78 is 5.13. The highest BCUT2D eigenvalue weighted by Crippen LogP contribution is 2.32. The number of carbonyl (C=O) groups excluding carboxylic acids is 1. The lowest BCUT2D eigenvalue weighted by atomic mass is 10.1. The lowest BCUT2D eigenvalue weighted by molar-refractivity contribution is -0.383. The first-order valence-corrected chi connectivity index (χ1v) is 8.72. The molecule has 27 heavy (non-hydrogen) atoms. The summed E-state index contributed by atoms with van der Waals surface area (Å²) in [7, 11) is 1.36. The topological polar surface area (TPSA) is 93.5 Å². The number of carbonyl (C=O) groups is 1. The fourth-order valence-electron chi connectivity index (χ4n) is 2.36. The molecule has 10 heteroatoms. The summed E-state index contributed by atoms with van der Waals surface area (Å²) in [5.41, 5.74) is 1.61. The number of methoxy groups -OCH3 is 1. The highest BCUT2D eigenvalue weighted by atomic mass is 35.5. The molecule has 0 aromatic heterocycles. The van der Waals surface area contributed by atoms with Gasteiger partial charge in [0.15, 0.2) is 5.11 Å². The number of anilines is 1. The predicted molar refractivity (Wildman–Crippen MR) is 109 cm³/mol. The van der Waals surface area contributed by atoms with Gasteiger partial charge in [-0.1, -0.05) is 29.3 Å². The molecule has 0 saturated carbocycles. The zero-order valence-corrected chi connectivity index (χ0v) is 16.9. The van der Waals surface area contributed by atoms with Crippen molar-refractivity contribution in [3.8, 4) is 5.75 Å². The van der Waals surface area contributed by atoms with E-state index < -0.39 is 10.8 Å². The number of benzene rings is 2. The van der Waals surface area contributed by atoms with E-state index in [0.29, 0.717) is 5.56 Å². The fraction of sp³-hybridized carbons (Fsp3) is 0.176. The molecule has 0 saturated heterocycles. The number of rotatable bonds is 4. The number of amides is 1. The molecule has 0 bridgehead atoms. The van der Waals surface area contributed by atoms with Crippen LogP contribution in [0.5, 0.6) is 5.75 Å². The van der Waals surface area contributed by atoms with Crippen molar-refractivity contribution in [3.05, 3.63) is 61.1 Å². The maximum absolute atomic E-state index is 12.5. The summed E-state index contributed by atoms with van der Waals surface area (Å²) in [5.74, 6) is -0.485. The number of hydrogen-bond acceptors (Lipinski definition) is 5. The smallest absolute Gasteiger partial charge is 0.293 e. The molecule has 2 N–H and O–H groups in total. The quantitative estimate of drug-likeness (QED) is 0.418. The monoisotopic (exact) mass is 427 g/mol. The van der Waals surface area contributed by atoms with Gasteiger partial charge in [0.2, 0.25) is 0 Å². The van der Waals surface area contributed by atoms with E-state index in [-0.39, 0.29) is 37.8 Å². The Morgan fingerprint density at radius 1 is 1.26 bits per heavy atom. The highest BCUT2D eigenvalue weighted by molar-refractivity contribution is 7.80. The molecule has 2 aromatic rings. The second kappa shape index (κ2) is 8.51. The largest absolute Gasteiger partial charge is 0.494 e. The van der Waals surface area contributed by atoms with Crippen LogP contribution in [0.1, 0.15) is 21.5 Å². The van der Waals surface area contributed by atoms with Gasteiger partial charge in [0.1, 0.15) is 11.4 Å². The van der Waals surface area contributed by atoms with Gasteiger partial charge in [-0.15, -0.1) is 0 Å². The molecule has 0 aliphatic rings. The molecule has 0 spiro atoms. The van der Waals surface area contributed by atoms with Gasteiger partial charge in [-0.3, -0.25) is 20.2 Å². The zero-order chi connectivity index (χ0) is 20.3. The van der Waals surface area contributed by atoms with Crippen LogP contribution in [0.25, 0.3) is 0 Å². The van der Waals surface area contributed by atoms with E-state index in [2.05, 4.69) is 10.6 Å². The Hall–Kier alpha value is -2.42. The van der Waals surface area contributed by atoms with Crippen LogP contribution >= 0.6 is 35.4 Å². The lowest BCUT2D eigenvalue weighted by Gasteiger charge is -2.15. The van der Waals surface area contributed by atoms with Gasteiger partial charge in [0.05, 0.1) is 22.6 Å². The van der Waals surface area contributed by atoms with E-state index >= 15 is 0 Å². The number of halogens is 2. The minimum Gasteiger partial charge on any atom is -0.494 e.